The van der Waals surface area contributed by atoms with Crippen molar-refractivity contribution >= 4 is 21.7 Å². The Bertz CT molecular complexity index is 309. The molecule has 0 saturated heterocycles. The number of ketones is 1. The van der Waals surface area contributed by atoms with E-state index in [1.54, 1.807) is 0 Å². The van der Waals surface area contributed by atoms with Crippen molar-refractivity contribution < 1.29 is 18.0 Å². The van der Waals surface area contributed by atoms with Gasteiger partial charge in [0.05, 0.1) is 6.26 Å². The third-order valence-electron chi connectivity index (χ3n) is 1.19. The van der Waals surface area contributed by atoms with E-state index >= 15 is 0 Å². The molecule has 0 spiro atoms. The van der Waals surface area contributed by atoms with Crippen molar-refractivity contribution in [2.75, 3.05) is 6.26 Å². The molecule has 0 aliphatic heterocycles. The summed E-state index contributed by atoms with van der Waals surface area (Å²) in [6.07, 6.45) is 0.672. The van der Waals surface area contributed by atoms with E-state index < -0.39 is 22.0 Å². The van der Waals surface area contributed by atoms with Crippen molar-refractivity contribution in [3.05, 3.63) is 0 Å². The molecule has 0 bridgehead atoms. The first kappa shape index (κ1) is 12.0. The Labute approximate surface area is 76.5 Å². The standard InChI is InChI=1S/C6H12N2O4S/c1-4(9)3-5(6(7)10)8-13(2,11)12/h5,8H,3H2,1-2H3,(H2,7,10). The molecule has 1 atom stereocenters. The van der Waals surface area contributed by atoms with Gasteiger partial charge in [-0.1, -0.05) is 0 Å². The molecule has 0 aromatic heterocycles. The smallest absolute Gasteiger partial charge is 0.236 e. The van der Waals surface area contributed by atoms with E-state index in [-0.39, 0.29) is 12.2 Å². The minimum absolute atomic E-state index is 0.220. The minimum atomic E-state index is -3.52. The predicted octanol–water partition coefficient (Wildman–Crippen LogP) is -1.63. The number of nitrogens with one attached hydrogen (secondary N) is 1. The number of carbonyl (C=O) groups excluding carboxylic acids is 2. The second-order valence-electron chi connectivity index (χ2n) is 2.75. The topological polar surface area (TPSA) is 106 Å². The van der Waals surface area contributed by atoms with Crippen LogP contribution in [-0.2, 0) is 19.6 Å². The van der Waals surface area contributed by atoms with Crippen LogP contribution in [0.5, 0.6) is 0 Å². The van der Waals surface area contributed by atoms with Gasteiger partial charge in [0.1, 0.15) is 11.8 Å². The average Bonchev–Trinajstić information content (AvgIpc) is 1.81. The maximum absolute atomic E-state index is 10.7. The third kappa shape index (κ3) is 6.23. The van der Waals surface area contributed by atoms with Crippen LogP contribution in [0.4, 0.5) is 0 Å². The van der Waals surface area contributed by atoms with Gasteiger partial charge in [-0.2, -0.15) is 0 Å². The number of nitrogens with two attached hydrogens (primary N) is 1. The van der Waals surface area contributed by atoms with Crippen molar-refractivity contribution in [2.24, 2.45) is 5.73 Å². The Hall–Kier alpha value is -0.950. The summed E-state index contributed by atoms with van der Waals surface area (Å²) < 4.78 is 23.4. The Morgan fingerprint density at radius 3 is 2.15 bits per heavy atom. The van der Waals surface area contributed by atoms with Gasteiger partial charge < -0.3 is 5.73 Å². The molecule has 0 radical (unpaired) electrons. The lowest BCUT2D eigenvalue weighted by molar-refractivity contribution is -0.124. The molecule has 3 N–H and O–H groups in total. The summed E-state index contributed by atoms with van der Waals surface area (Å²) in [7, 11) is -3.52. The van der Waals surface area contributed by atoms with E-state index in [0.717, 1.165) is 6.26 Å². The predicted molar refractivity (Wildman–Crippen MR) is 46.3 cm³/mol. The molecule has 13 heavy (non-hydrogen) atoms. The maximum atomic E-state index is 10.7. The van der Waals surface area contributed by atoms with E-state index in [0.29, 0.717) is 0 Å². The number of amides is 1. The first-order chi connectivity index (χ1) is 5.72. The van der Waals surface area contributed by atoms with Crippen LogP contribution in [0.15, 0.2) is 0 Å². The zero-order valence-electron chi connectivity index (χ0n) is 7.40. The molecule has 0 heterocycles. The summed E-state index contributed by atoms with van der Waals surface area (Å²) in [5.74, 6) is -1.17. The number of rotatable bonds is 5. The van der Waals surface area contributed by atoms with Crippen LogP contribution >= 0.6 is 0 Å². The Morgan fingerprint density at radius 2 is 1.92 bits per heavy atom. The molecular weight excluding hydrogens is 196 g/mol. The lowest BCUT2D eigenvalue weighted by Crippen LogP contribution is -2.44. The SMILES string of the molecule is CC(=O)CC(NS(C)(=O)=O)C(N)=O. The molecule has 1 amide bonds. The fourth-order valence-corrected chi connectivity index (χ4v) is 1.46. The fraction of sp³-hybridized carbons (Fsp3) is 0.667. The molecule has 0 aromatic rings. The number of hydrogen-bond acceptors (Lipinski definition) is 4. The van der Waals surface area contributed by atoms with Gasteiger partial charge in [-0.05, 0) is 6.92 Å². The highest BCUT2D eigenvalue weighted by molar-refractivity contribution is 7.88. The molecule has 76 valence electrons. The highest BCUT2D eigenvalue weighted by Crippen LogP contribution is 1.94. The fourth-order valence-electron chi connectivity index (χ4n) is 0.746. The quantitative estimate of drug-likeness (QED) is 0.565. The van der Waals surface area contributed by atoms with Gasteiger partial charge >= 0.3 is 0 Å². The van der Waals surface area contributed by atoms with Crippen LogP contribution in [0.25, 0.3) is 0 Å². The summed E-state index contributed by atoms with van der Waals surface area (Å²) in [4.78, 5) is 21.3. The Kier molecular flexibility index (Phi) is 4.02. The highest BCUT2D eigenvalue weighted by Gasteiger charge is 2.20. The van der Waals surface area contributed by atoms with Gasteiger partial charge in [0, 0.05) is 6.42 Å². The largest absolute Gasteiger partial charge is 0.368 e. The zero-order chi connectivity index (χ0) is 10.6. The van der Waals surface area contributed by atoms with Gasteiger partial charge in [-0.25, -0.2) is 13.1 Å². The first-order valence-electron chi connectivity index (χ1n) is 3.48. The normalized spacial score (nSPS) is 13.7. The van der Waals surface area contributed by atoms with Crippen LogP contribution in [-0.4, -0.2) is 32.4 Å². The third-order valence-corrected chi connectivity index (χ3v) is 1.90. The molecule has 0 rings (SSSR count). The van der Waals surface area contributed by atoms with Crippen LogP contribution in [0, 0.1) is 0 Å². The van der Waals surface area contributed by atoms with Gasteiger partial charge in [0.15, 0.2) is 0 Å². The Morgan fingerprint density at radius 1 is 1.46 bits per heavy atom. The maximum Gasteiger partial charge on any atom is 0.236 e. The Balaban J connectivity index is 4.45. The van der Waals surface area contributed by atoms with E-state index in [9.17, 15) is 18.0 Å². The van der Waals surface area contributed by atoms with Crippen LogP contribution in [0.3, 0.4) is 0 Å². The number of Topliss-reactive ketones (excluding diaryl/α,β-unsaturated/α-hetero) is 1. The minimum Gasteiger partial charge on any atom is -0.368 e. The summed E-state index contributed by atoms with van der Waals surface area (Å²) in [6.45, 7) is 1.25. The van der Waals surface area contributed by atoms with Crippen molar-refractivity contribution in [1.82, 2.24) is 4.72 Å². The van der Waals surface area contributed by atoms with E-state index in [4.69, 9.17) is 5.73 Å². The molecule has 6 nitrogen and oxygen atoms in total. The molecule has 0 fully saturated rings. The van der Waals surface area contributed by atoms with Crippen LogP contribution < -0.4 is 10.5 Å². The van der Waals surface area contributed by atoms with Gasteiger partial charge in [-0.15, -0.1) is 0 Å². The highest BCUT2D eigenvalue weighted by atomic mass is 32.2. The molecule has 0 saturated carbocycles. The average molecular weight is 208 g/mol. The van der Waals surface area contributed by atoms with Gasteiger partial charge in [-0.3, -0.25) is 9.59 Å². The summed E-state index contributed by atoms with van der Waals surface area (Å²) in [6, 6.07) is -1.15. The molecule has 0 aliphatic carbocycles. The molecule has 0 aromatic carbocycles. The molecule has 1 unspecified atom stereocenters. The van der Waals surface area contributed by atoms with Gasteiger partial charge in [0.2, 0.25) is 15.9 Å². The summed E-state index contributed by atoms with van der Waals surface area (Å²) in [5.41, 5.74) is 4.87. The second kappa shape index (κ2) is 4.33. The number of sulfonamides is 1. The van der Waals surface area contributed by atoms with Crippen molar-refractivity contribution in [1.29, 1.82) is 0 Å². The molecule has 7 heteroatoms. The van der Waals surface area contributed by atoms with Crippen LogP contribution in [0.2, 0.25) is 0 Å². The van der Waals surface area contributed by atoms with Crippen molar-refractivity contribution in [3.63, 3.8) is 0 Å². The first-order valence-corrected chi connectivity index (χ1v) is 5.37. The summed E-state index contributed by atoms with van der Waals surface area (Å²) >= 11 is 0. The lowest BCUT2D eigenvalue weighted by Gasteiger charge is -2.11. The molecular formula is C6H12N2O4S. The number of hydrogen-bond donors (Lipinski definition) is 2. The summed E-state index contributed by atoms with van der Waals surface area (Å²) in [5, 5.41) is 0. The number of primary amides is 1. The van der Waals surface area contributed by atoms with Crippen molar-refractivity contribution in [2.45, 2.75) is 19.4 Å². The molecule has 0 aliphatic rings. The second-order valence-corrected chi connectivity index (χ2v) is 4.53. The zero-order valence-corrected chi connectivity index (χ0v) is 8.22. The van der Waals surface area contributed by atoms with Crippen molar-refractivity contribution in [3.8, 4) is 0 Å². The number of carbonyl (C=O) groups is 2. The lowest BCUT2D eigenvalue weighted by atomic mass is 10.1. The van der Waals surface area contributed by atoms with E-state index in [1.807, 2.05) is 4.72 Å². The van der Waals surface area contributed by atoms with E-state index in [1.165, 1.54) is 6.92 Å². The van der Waals surface area contributed by atoms with E-state index in [2.05, 4.69) is 0 Å². The van der Waals surface area contributed by atoms with Crippen LogP contribution in [0.1, 0.15) is 13.3 Å². The van der Waals surface area contributed by atoms with Gasteiger partial charge in [0.25, 0.3) is 0 Å². The monoisotopic (exact) mass is 208 g/mol.